The van der Waals surface area contributed by atoms with Gasteiger partial charge in [0.05, 0.1) is 4.92 Å². The second-order valence-electron chi connectivity index (χ2n) is 5.97. The lowest BCUT2D eigenvalue weighted by atomic mass is 9.76. The number of hydrogen-bond donors (Lipinski definition) is 0. The molecule has 1 saturated carbocycles. The number of ether oxygens (including phenoxy) is 1. The Kier molecular flexibility index (Phi) is 4.13. The molecule has 0 saturated heterocycles. The van der Waals surface area contributed by atoms with Crippen LogP contribution < -0.4 is 4.74 Å². The van der Waals surface area contributed by atoms with E-state index in [0.717, 1.165) is 25.7 Å². The van der Waals surface area contributed by atoms with Crippen LogP contribution in [0.5, 0.6) is 5.88 Å². The number of nitrogens with zero attached hydrogens (tertiary/aromatic N) is 3. The molecule has 0 unspecified atom stereocenters. The third-order valence-corrected chi connectivity index (χ3v) is 3.92. The minimum Gasteiger partial charge on any atom is -0.469 e. The molecule has 0 aromatic carbocycles. The lowest BCUT2D eigenvalue weighted by molar-refractivity contribution is -0.387. The van der Waals surface area contributed by atoms with Gasteiger partial charge in [-0.25, -0.2) is 4.98 Å². The van der Waals surface area contributed by atoms with Gasteiger partial charge in [0.2, 0.25) is 5.28 Å². The molecule has 0 aliphatic heterocycles. The predicted octanol–water partition coefficient (Wildman–Crippen LogP) is 3.69. The van der Waals surface area contributed by atoms with Gasteiger partial charge in [0, 0.05) is 0 Å². The van der Waals surface area contributed by atoms with Crippen molar-refractivity contribution in [2.45, 2.75) is 52.6 Å². The van der Waals surface area contributed by atoms with Crippen LogP contribution in [-0.2, 0) is 0 Å². The Hall–Kier alpha value is -1.43. The molecule has 0 N–H and O–H groups in total. The molecular formula is C13H18ClN3O3. The smallest absolute Gasteiger partial charge is 0.352 e. The Morgan fingerprint density at radius 1 is 1.35 bits per heavy atom. The summed E-state index contributed by atoms with van der Waals surface area (Å²) in [6, 6.07) is 0. The molecule has 0 atom stereocenters. The van der Waals surface area contributed by atoms with Crippen molar-refractivity contribution >= 4 is 17.3 Å². The van der Waals surface area contributed by atoms with Crippen LogP contribution in [0.4, 0.5) is 5.69 Å². The Morgan fingerprint density at radius 2 is 1.95 bits per heavy atom. The van der Waals surface area contributed by atoms with Crippen molar-refractivity contribution in [2.24, 2.45) is 5.41 Å². The molecule has 110 valence electrons. The highest BCUT2D eigenvalue weighted by atomic mass is 35.5. The third-order valence-electron chi connectivity index (χ3n) is 3.75. The molecule has 0 bridgehead atoms. The fourth-order valence-electron chi connectivity index (χ4n) is 2.45. The number of aryl methyl sites for hydroxylation is 1. The molecule has 0 spiro atoms. The second-order valence-corrected chi connectivity index (χ2v) is 6.31. The van der Waals surface area contributed by atoms with E-state index in [1.54, 1.807) is 0 Å². The number of nitro groups is 1. The van der Waals surface area contributed by atoms with Crippen molar-refractivity contribution in [1.82, 2.24) is 9.97 Å². The first-order chi connectivity index (χ1) is 9.28. The summed E-state index contributed by atoms with van der Waals surface area (Å²) in [5, 5.41) is 11.1. The van der Waals surface area contributed by atoms with Gasteiger partial charge < -0.3 is 4.74 Å². The summed E-state index contributed by atoms with van der Waals surface area (Å²) in [6.07, 6.45) is 3.74. The van der Waals surface area contributed by atoms with Gasteiger partial charge in [0.1, 0.15) is 11.8 Å². The van der Waals surface area contributed by atoms with Crippen LogP contribution >= 0.6 is 11.6 Å². The van der Waals surface area contributed by atoms with Gasteiger partial charge in [-0.2, -0.15) is 4.98 Å². The molecular weight excluding hydrogens is 282 g/mol. The molecule has 6 nitrogen and oxygen atoms in total. The summed E-state index contributed by atoms with van der Waals surface area (Å²) in [7, 11) is 0. The van der Waals surface area contributed by atoms with E-state index in [4.69, 9.17) is 16.3 Å². The summed E-state index contributed by atoms with van der Waals surface area (Å²) in [6.45, 7) is 5.97. The van der Waals surface area contributed by atoms with E-state index in [-0.39, 0.29) is 28.6 Å². The fourth-order valence-corrected chi connectivity index (χ4v) is 2.65. The molecule has 1 heterocycles. The molecule has 1 aromatic heterocycles. The van der Waals surface area contributed by atoms with Gasteiger partial charge >= 0.3 is 5.69 Å². The van der Waals surface area contributed by atoms with E-state index in [0.29, 0.717) is 5.41 Å². The van der Waals surface area contributed by atoms with Crippen molar-refractivity contribution in [3.05, 3.63) is 21.1 Å². The number of aromatic nitrogens is 2. The molecule has 0 radical (unpaired) electrons. The van der Waals surface area contributed by atoms with Crippen molar-refractivity contribution < 1.29 is 9.66 Å². The van der Waals surface area contributed by atoms with E-state index in [2.05, 4.69) is 23.8 Å². The number of halogens is 1. The van der Waals surface area contributed by atoms with Gasteiger partial charge in [0.25, 0.3) is 5.88 Å². The average molecular weight is 300 g/mol. The number of rotatable bonds is 3. The van der Waals surface area contributed by atoms with Crippen LogP contribution in [0.3, 0.4) is 0 Å². The van der Waals surface area contributed by atoms with E-state index in [9.17, 15) is 10.1 Å². The van der Waals surface area contributed by atoms with E-state index in [1.165, 1.54) is 6.92 Å². The predicted molar refractivity (Wildman–Crippen MR) is 75.1 cm³/mol. The molecule has 1 fully saturated rings. The van der Waals surface area contributed by atoms with Crippen molar-refractivity contribution in [2.75, 3.05) is 0 Å². The highest BCUT2D eigenvalue weighted by molar-refractivity contribution is 6.28. The zero-order chi connectivity index (χ0) is 14.9. The zero-order valence-corrected chi connectivity index (χ0v) is 12.6. The lowest BCUT2D eigenvalue weighted by Gasteiger charge is -2.33. The van der Waals surface area contributed by atoms with E-state index >= 15 is 0 Å². The topological polar surface area (TPSA) is 78.2 Å². The molecule has 7 heteroatoms. The largest absolute Gasteiger partial charge is 0.469 e. The van der Waals surface area contributed by atoms with Crippen LogP contribution in [0.15, 0.2) is 0 Å². The summed E-state index contributed by atoms with van der Waals surface area (Å²) in [5.41, 5.74) is 0.339. The van der Waals surface area contributed by atoms with Crippen molar-refractivity contribution in [1.29, 1.82) is 0 Å². The molecule has 0 amide bonds. The average Bonchev–Trinajstić information content (AvgIpc) is 2.30. The zero-order valence-electron chi connectivity index (χ0n) is 11.9. The summed E-state index contributed by atoms with van der Waals surface area (Å²) in [5.74, 6) is -0.0165. The Morgan fingerprint density at radius 3 is 2.50 bits per heavy atom. The minimum atomic E-state index is -0.520. The second kappa shape index (κ2) is 5.52. The number of hydrogen-bond acceptors (Lipinski definition) is 5. The van der Waals surface area contributed by atoms with Crippen molar-refractivity contribution in [3.63, 3.8) is 0 Å². The van der Waals surface area contributed by atoms with Crippen LogP contribution in [0, 0.1) is 22.5 Å². The Bertz CT molecular complexity index is 524. The highest BCUT2D eigenvalue weighted by Gasteiger charge is 2.31. The first-order valence-corrected chi connectivity index (χ1v) is 7.01. The molecule has 2 rings (SSSR count). The summed E-state index contributed by atoms with van der Waals surface area (Å²) >= 11 is 5.76. The lowest BCUT2D eigenvalue weighted by Crippen LogP contribution is -2.29. The van der Waals surface area contributed by atoms with Gasteiger partial charge in [-0.1, -0.05) is 13.8 Å². The highest BCUT2D eigenvalue weighted by Crippen LogP contribution is 2.38. The van der Waals surface area contributed by atoms with Crippen LogP contribution in [0.2, 0.25) is 5.28 Å². The fraction of sp³-hybridized carbons (Fsp3) is 0.692. The Labute approximate surface area is 122 Å². The van der Waals surface area contributed by atoms with Gasteiger partial charge in [-0.05, 0) is 49.6 Å². The van der Waals surface area contributed by atoms with Gasteiger partial charge in [0.15, 0.2) is 0 Å². The molecule has 1 aliphatic rings. The normalized spacial score (nSPS) is 18.8. The van der Waals surface area contributed by atoms with E-state index < -0.39 is 4.92 Å². The van der Waals surface area contributed by atoms with Gasteiger partial charge in [-0.15, -0.1) is 0 Å². The van der Waals surface area contributed by atoms with E-state index in [1.807, 2.05) is 0 Å². The summed E-state index contributed by atoms with van der Waals surface area (Å²) < 4.78 is 5.73. The van der Waals surface area contributed by atoms with Crippen molar-refractivity contribution in [3.8, 4) is 5.88 Å². The van der Waals surface area contributed by atoms with Crippen LogP contribution in [0.1, 0.15) is 45.2 Å². The maximum Gasteiger partial charge on any atom is 0.352 e. The van der Waals surface area contributed by atoms with Crippen LogP contribution in [-0.4, -0.2) is 21.0 Å². The quantitative estimate of drug-likeness (QED) is 0.483. The first-order valence-electron chi connectivity index (χ1n) is 6.64. The van der Waals surface area contributed by atoms with Crippen LogP contribution in [0.25, 0.3) is 0 Å². The maximum atomic E-state index is 11.1. The summed E-state index contributed by atoms with van der Waals surface area (Å²) in [4.78, 5) is 18.3. The monoisotopic (exact) mass is 299 g/mol. The minimum absolute atomic E-state index is 0.0165. The molecule has 1 aromatic rings. The first kappa shape index (κ1) is 15.0. The SMILES string of the molecule is Cc1nc(Cl)nc(OC2CCC(C)(C)CC2)c1[N+](=O)[O-]. The third kappa shape index (κ3) is 3.36. The molecule has 1 aliphatic carbocycles. The maximum absolute atomic E-state index is 11.1. The molecule has 20 heavy (non-hydrogen) atoms. The standard InChI is InChI=1S/C13H18ClN3O3/c1-8-10(17(18)19)11(16-12(14)15-8)20-9-4-6-13(2,3)7-5-9/h9H,4-7H2,1-3H3. The Balaban J connectivity index is 2.19. The van der Waals surface area contributed by atoms with Gasteiger partial charge in [-0.3, -0.25) is 10.1 Å².